The molecule has 0 rings (SSSR count). The van der Waals surface area contributed by atoms with Crippen molar-refractivity contribution in [1.29, 1.82) is 0 Å². The second kappa shape index (κ2) is 13.4. The molecule has 0 aliphatic heterocycles. The number of hydrogen-bond acceptors (Lipinski definition) is 4. The van der Waals surface area contributed by atoms with Crippen LogP contribution in [0.3, 0.4) is 0 Å². The van der Waals surface area contributed by atoms with E-state index >= 15 is 0 Å². The summed E-state index contributed by atoms with van der Waals surface area (Å²) in [7, 11) is 0. The van der Waals surface area contributed by atoms with Crippen LogP contribution < -0.4 is 0 Å². The molecular formula is C6H16O4Pb. The fourth-order valence-corrected chi connectivity index (χ4v) is 0.451. The summed E-state index contributed by atoms with van der Waals surface area (Å²) in [5.41, 5.74) is 0. The van der Waals surface area contributed by atoms with Crippen molar-refractivity contribution in [3.63, 3.8) is 0 Å². The van der Waals surface area contributed by atoms with E-state index < -0.39 is 0 Å². The van der Waals surface area contributed by atoms with E-state index in [9.17, 15) is 0 Å². The number of rotatable bonds is 7. The van der Waals surface area contributed by atoms with Crippen LogP contribution in [-0.2, 0) is 9.47 Å². The summed E-state index contributed by atoms with van der Waals surface area (Å²) in [6.07, 6.45) is 0. The van der Waals surface area contributed by atoms with Gasteiger partial charge in [-0.15, -0.1) is 0 Å². The van der Waals surface area contributed by atoms with Crippen LogP contribution in [0.2, 0.25) is 0 Å². The molecule has 0 aromatic heterocycles. The van der Waals surface area contributed by atoms with Gasteiger partial charge in [-0.05, 0) is 0 Å². The minimum absolute atomic E-state index is 0. The Labute approximate surface area is 86.7 Å². The van der Waals surface area contributed by atoms with Crippen LogP contribution >= 0.6 is 0 Å². The maximum atomic E-state index is 8.26. The van der Waals surface area contributed by atoms with Crippen molar-refractivity contribution < 1.29 is 19.7 Å². The molecular weight excluding hydrogens is 343 g/mol. The van der Waals surface area contributed by atoms with Gasteiger partial charge < -0.3 is 19.7 Å². The van der Waals surface area contributed by atoms with Crippen LogP contribution in [0.5, 0.6) is 0 Å². The van der Waals surface area contributed by atoms with Gasteiger partial charge >= 0.3 is 27.3 Å². The number of aliphatic hydroxyl groups excluding tert-OH is 2. The summed E-state index contributed by atoms with van der Waals surface area (Å²) in [4.78, 5) is 0. The van der Waals surface area contributed by atoms with Gasteiger partial charge in [-0.3, -0.25) is 0 Å². The van der Waals surface area contributed by atoms with Crippen LogP contribution in [0.4, 0.5) is 0 Å². The molecule has 5 heteroatoms. The van der Waals surface area contributed by atoms with Crippen molar-refractivity contribution >= 4 is 27.3 Å². The van der Waals surface area contributed by atoms with Crippen molar-refractivity contribution in [3.8, 4) is 0 Å². The number of ether oxygens (including phenoxy) is 2. The third-order valence-corrected chi connectivity index (χ3v) is 0.843. The Kier molecular flexibility index (Phi) is 17.4. The van der Waals surface area contributed by atoms with Crippen molar-refractivity contribution in [3.05, 3.63) is 0 Å². The normalized spacial score (nSPS) is 9.27. The topological polar surface area (TPSA) is 58.9 Å². The van der Waals surface area contributed by atoms with E-state index in [1.165, 1.54) is 0 Å². The molecule has 11 heavy (non-hydrogen) atoms. The molecule has 0 spiro atoms. The third-order valence-electron chi connectivity index (χ3n) is 0.843. The van der Waals surface area contributed by atoms with Gasteiger partial charge in [-0.1, -0.05) is 0 Å². The Bertz CT molecular complexity index is 54.5. The Balaban J connectivity index is 0. The Morgan fingerprint density at radius 2 is 1.09 bits per heavy atom. The van der Waals surface area contributed by atoms with Gasteiger partial charge in [-0.2, -0.15) is 0 Å². The molecule has 0 heterocycles. The molecule has 2 N–H and O–H groups in total. The summed E-state index contributed by atoms with van der Waals surface area (Å²) in [6, 6.07) is 0. The zero-order valence-electron chi connectivity index (χ0n) is 6.66. The van der Waals surface area contributed by atoms with E-state index in [0.29, 0.717) is 26.4 Å². The molecule has 0 atom stereocenters. The van der Waals surface area contributed by atoms with E-state index in [1.807, 2.05) is 0 Å². The average molecular weight is 359 g/mol. The van der Waals surface area contributed by atoms with Gasteiger partial charge in [0.15, 0.2) is 0 Å². The van der Waals surface area contributed by atoms with Gasteiger partial charge in [-0.25, -0.2) is 0 Å². The summed E-state index contributed by atoms with van der Waals surface area (Å²) in [5.74, 6) is 0. The first kappa shape index (κ1) is 14.3. The van der Waals surface area contributed by atoms with Crippen LogP contribution in [-0.4, -0.2) is 77.2 Å². The van der Waals surface area contributed by atoms with Crippen LogP contribution in [0, 0.1) is 0 Å². The zero-order valence-corrected chi connectivity index (χ0v) is 12.2. The standard InChI is InChI=1S/C6H14O4.Pb.2H/c7-1-3-9-5-6-10-4-2-8;;;/h7-8H,1-6H2;;;. The number of hydrogen-bond donors (Lipinski definition) is 2. The predicted octanol–water partition coefficient (Wildman–Crippen LogP) is -1.91. The molecule has 0 amide bonds. The molecule has 0 aliphatic rings. The summed E-state index contributed by atoms with van der Waals surface area (Å²) in [5, 5.41) is 16.5. The predicted molar refractivity (Wildman–Crippen MR) is 44.4 cm³/mol. The molecule has 0 aromatic rings. The first-order chi connectivity index (χ1) is 4.91. The van der Waals surface area contributed by atoms with Gasteiger partial charge in [0.1, 0.15) is 0 Å². The fourth-order valence-electron chi connectivity index (χ4n) is 0.451. The Hall–Kier alpha value is 0.762. The minimum atomic E-state index is 0. The molecule has 2 radical (unpaired) electrons. The molecule has 0 saturated carbocycles. The third kappa shape index (κ3) is 13.7. The average Bonchev–Trinajstić information content (AvgIpc) is 1.97. The molecule has 68 valence electrons. The van der Waals surface area contributed by atoms with Crippen molar-refractivity contribution in [1.82, 2.24) is 0 Å². The zero-order chi connectivity index (χ0) is 7.66. The second-order valence-corrected chi connectivity index (χ2v) is 1.67. The van der Waals surface area contributed by atoms with Crippen LogP contribution in [0.15, 0.2) is 0 Å². The van der Waals surface area contributed by atoms with Crippen molar-refractivity contribution in [2.75, 3.05) is 39.6 Å². The van der Waals surface area contributed by atoms with Gasteiger partial charge in [0.2, 0.25) is 0 Å². The Morgan fingerprint density at radius 1 is 0.727 bits per heavy atom. The first-order valence-corrected chi connectivity index (χ1v) is 3.29. The van der Waals surface area contributed by atoms with E-state index in [4.69, 9.17) is 19.7 Å². The SMILES string of the molecule is OCCOCCOCCO.[PbH2]. The molecule has 0 saturated heterocycles. The molecule has 0 aromatic carbocycles. The van der Waals surface area contributed by atoms with E-state index in [-0.39, 0.29) is 40.5 Å². The van der Waals surface area contributed by atoms with Gasteiger partial charge in [0.25, 0.3) is 0 Å². The van der Waals surface area contributed by atoms with Gasteiger partial charge in [0, 0.05) is 0 Å². The second-order valence-electron chi connectivity index (χ2n) is 1.67. The molecule has 0 aliphatic carbocycles. The number of aliphatic hydroxyl groups is 2. The molecule has 0 fully saturated rings. The van der Waals surface area contributed by atoms with Gasteiger partial charge in [0.05, 0.1) is 39.6 Å². The summed E-state index contributed by atoms with van der Waals surface area (Å²) in [6.45, 7) is 1.73. The first-order valence-electron chi connectivity index (χ1n) is 3.29. The maximum absolute atomic E-state index is 8.26. The van der Waals surface area contributed by atoms with Crippen LogP contribution in [0.25, 0.3) is 0 Å². The van der Waals surface area contributed by atoms with Crippen molar-refractivity contribution in [2.45, 2.75) is 0 Å². The molecule has 0 unspecified atom stereocenters. The quantitative estimate of drug-likeness (QED) is 0.411. The molecule has 0 bridgehead atoms. The van der Waals surface area contributed by atoms with E-state index in [2.05, 4.69) is 0 Å². The summed E-state index contributed by atoms with van der Waals surface area (Å²) >= 11 is 0. The van der Waals surface area contributed by atoms with E-state index in [0.717, 1.165) is 0 Å². The summed E-state index contributed by atoms with van der Waals surface area (Å²) < 4.78 is 9.75. The van der Waals surface area contributed by atoms with Crippen LogP contribution in [0.1, 0.15) is 0 Å². The van der Waals surface area contributed by atoms with E-state index in [1.54, 1.807) is 0 Å². The fraction of sp³-hybridized carbons (Fsp3) is 1.00. The monoisotopic (exact) mass is 360 g/mol. The van der Waals surface area contributed by atoms with Crippen molar-refractivity contribution in [2.24, 2.45) is 0 Å². The Morgan fingerprint density at radius 3 is 1.36 bits per heavy atom. The molecule has 4 nitrogen and oxygen atoms in total.